The average Bonchev–Trinajstić information content (AvgIpc) is 2.80. The third-order valence-electron chi connectivity index (χ3n) is 3.05. The van der Waals surface area contributed by atoms with E-state index in [9.17, 15) is 0 Å². The Morgan fingerprint density at radius 3 is 2.42 bits per heavy atom. The van der Waals surface area contributed by atoms with Gasteiger partial charge in [-0.2, -0.15) is 0 Å². The molecule has 0 radical (unpaired) electrons. The van der Waals surface area contributed by atoms with Crippen molar-refractivity contribution in [3.8, 4) is 0 Å². The molecule has 0 saturated carbocycles. The Kier molecular flexibility index (Phi) is 5.59. The third-order valence-corrected chi connectivity index (χ3v) is 5.55. The Morgan fingerprint density at radius 2 is 1.89 bits per heavy atom. The molecule has 5 heteroatoms. The van der Waals surface area contributed by atoms with Crippen LogP contribution in [0.1, 0.15) is 16.5 Å². The molecule has 0 bridgehead atoms. The van der Waals surface area contributed by atoms with Crippen molar-refractivity contribution in [2.45, 2.75) is 12.6 Å². The van der Waals surface area contributed by atoms with Crippen molar-refractivity contribution in [2.75, 3.05) is 13.6 Å². The maximum atomic E-state index is 5.95. The SMILES string of the molecule is CN(Cc1ccc(Br)cc1)C(CN)c1sccc1Br. The van der Waals surface area contributed by atoms with E-state index < -0.39 is 0 Å². The van der Waals surface area contributed by atoms with Gasteiger partial charge in [0, 0.05) is 26.9 Å². The van der Waals surface area contributed by atoms with Gasteiger partial charge < -0.3 is 5.73 Å². The van der Waals surface area contributed by atoms with Crippen molar-refractivity contribution in [3.05, 3.63) is 55.1 Å². The lowest BCUT2D eigenvalue weighted by atomic mass is 10.1. The lowest BCUT2D eigenvalue weighted by molar-refractivity contribution is 0.244. The van der Waals surface area contributed by atoms with Crippen molar-refractivity contribution in [3.63, 3.8) is 0 Å². The largest absolute Gasteiger partial charge is 0.329 e. The van der Waals surface area contributed by atoms with Gasteiger partial charge in [0.25, 0.3) is 0 Å². The lowest BCUT2D eigenvalue weighted by Crippen LogP contribution is -2.29. The van der Waals surface area contributed by atoms with Crippen LogP contribution < -0.4 is 5.73 Å². The Balaban J connectivity index is 2.11. The first-order valence-electron chi connectivity index (χ1n) is 5.99. The Labute approximate surface area is 134 Å². The first kappa shape index (κ1) is 15.2. The highest BCUT2D eigenvalue weighted by Gasteiger charge is 2.19. The first-order chi connectivity index (χ1) is 9.11. The Hall–Kier alpha value is -0.200. The molecule has 0 aliphatic rings. The van der Waals surface area contributed by atoms with Gasteiger partial charge in [0.15, 0.2) is 0 Å². The van der Waals surface area contributed by atoms with Gasteiger partial charge in [-0.1, -0.05) is 28.1 Å². The second kappa shape index (κ2) is 6.99. The lowest BCUT2D eigenvalue weighted by Gasteiger charge is -2.26. The monoisotopic (exact) mass is 402 g/mol. The van der Waals surface area contributed by atoms with E-state index in [-0.39, 0.29) is 6.04 Å². The molecule has 0 spiro atoms. The third kappa shape index (κ3) is 3.89. The number of halogens is 2. The molecule has 0 aliphatic carbocycles. The number of nitrogens with two attached hydrogens (primary N) is 1. The van der Waals surface area contributed by atoms with Crippen LogP contribution in [-0.2, 0) is 6.54 Å². The predicted octanol–water partition coefficient (Wildman–Crippen LogP) is 4.40. The van der Waals surface area contributed by atoms with Crippen LogP contribution in [0.5, 0.6) is 0 Å². The van der Waals surface area contributed by atoms with Gasteiger partial charge in [-0.3, -0.25) is 4.90 Å². The van der Waals surface area contributed by atoms with Gasteiger partial charge in [0.2, 0.25) is 0 Å². The van der Waals surface area contributed by atoms with Crippen LogP contribution in [0.25, 0.3) is 0 Å². The molecule has 2 rings (SSSR count). The van der Waals surface area contributed by atoms with Crippen LogP contribution in [0.2, 0.25) is 0 Å². The summed E-state index contributed by atoms with van der Waals surface area (Å²) in [5.41, 5.74) is 7.24. The molecule has 0 amide bonds. The zero-order chi connectivity index (χ0) is 13.8. The predicted molar refractivity (Wildman–Crippen MR) is 89.4 cm³/mol. The van der Waals surface area contributed by atoms with Crippen LogP contribution in [-0.4, -0.2) is 18.5 Å². The van der Waals surface area contributed by atoms with Crippen LogP contribution in [0.15, 0.2) is 44.7 Å². The summed E-state index contributed by atoms with van der Waals surface area (Å²) in [6, 6.07) is 10.7. The number of hydrogen-bond donors (Lipinski definition) is 1. The molecule has 1 aromatic carbocycles. The minimum Gasteiger partial charge on any atom is -0.329 e. The van der Waals surface area contributed by atoms with E-state index in [0.717, 1.165) is 15.5 Å². The van der Waals surface area contributed by atoms with Crippen LogP contribution in [0.4, 0.5) is 0 Å². The van der Waals surface area contributed by atoms with Crippen molar-refractivity contribution in [2.24, 2.45) is 5.73 Å². The van der Waals surface area contributed by atoms with E-state index in [2.05, 4.69) is 79.5 Å². The molecule has 1 atom stereocenters. The van der Waals surface area contributed by atoms with E-state index >= 15 is 0 Å². The quantitative estimate of drug-likeness (QED) is 0.801. The zero-order valence-electron chi connectivity index (χ0n) is 10.6. The minimum atomic E-state index is 0.248. The van der Waals surface area contributed by atoms with Crippen LogP contribution in [0.3, 0.4) is 0 Å². The summed E-state index contributed by atoms with van der Waals surface area (Å²) in [7, 11) is 2.12. The maximum absolute atomic E-state index is 5.95. The summed E-state index contributed by atoms with van der Waals surface area (Å²) in [6.07, 6.45) is 0. The summed E-state index contributed by atoms with van der Waals surface area (Å²) in [6.45, 7) is 1.51. The molecule has 19 heavy (non-hydrogen) atoms. The van der Waals surface area contributed by atoms with Crippen molar-refractivity contribution in [1.29, 1.82) is 0 Å². The molecule has 2 nitrogen and oxygen atoms in total. The standard InChI is InChI=1S/C14H16Br2N2S/c1-18(9-10-2-4-11(15)5-3-10)13(8-17)14-12(16)6-7-19-14/h2-7,13H,8-9,17H2,1H3. The number of benzene rings is 1. The highest BCUT2D eigenvalue weighted by Crippen LogP contribution is 2.32. The second-order valence-corrected chi connectivity index (χ2v) is 7.14. The highest BCUT2D eigenvalue weighted by molar-refractivity contribution is 9.10. The topological polar surface area (TPSA) is 29.3 Å². The Bertz CT molecular complexity index is 524. The van der Waals surface area contributed by atoms with E-state index in [1.54, 1.807) is 11.3 Å². The smallest absolute Gasteiger partial charge is 0.0576 e. The summed E-state index contributed by atoms with van der Waals surface area (Å²) in [5, 5.41) is 2.09. The van der Waals surface area contributed by atoms with Gasteiger partial charge in [0.05, 0.1) is 6.04 Å². The molecule has 2 aromatic rings. The molecule has 1 aromatic heterocycles. The summed E-state index contributed by atoms with van der Waals surface area (Å²) in [5.74, 6) is 0. The van der Waals surface area contributed by atoms with Crippen LogP contribution >= 0.6 is 43.2 Å². The maximum Gasteiger partial charge on any atom is 0.0576 e. The summed E-state index contributed by atoms with van der Waals surface area (Å²) < 4.78 is 2.26. The number of hydrogen-bond acceptors (Lipinski definition) is 3. The average molecular weight is 404 g/mol. The van der Waals surface area contributed by atoms with E-state index in [4.69, 9.17) is 5.73 Å². The van der Waals surface area contributed by atoms with Gasteiger partial charge in [0.1, 0.15) is 0 Å². The molecule has 102 valence electrons. The number of thiophene rings is 1. The van der Waals surface area contributed by atoms with Crippen molar-refractivity contribution < 1.29 is 0 Å². The molecule has 0 aliphatic heterocycles. The molecule has 2 N–H and O–H groups in total. The Morgan fingerprint density at radius 1 is 1.21 bits per heavy atom. The van der Waals surface area contributed by atoms with Crippen molar-refractivity contribution >= 4 is 43.2 Å². The van der Waals surface area contributed by atoms with Gasteiger partial charge in [-0.05, 0) is 52.1 Å². The van der Waals surface area contributed by atoms with E-state index in [0.29, 0.717) is 6.54 Å². The van der Waals surface area contributed by atoms with E-state index in [1.165, 1.54) is 10.4 Å². The number of nitrogens with zero attached hydrogens (tertiary/aromatic N) is 1. The summed E-state index contributed by atoms with van der Waals surface area (Å²) in [4.78, 5) is 3.59. The summed E-state index contributed by atoms with van der Waals surface area (Å²) >= 11 is 8.80. The van der Waals surface area contributed by atoms with Crippen molar-refractivity contribution in [1.82, 2.24) is 4.90 Å². The normalized spacial score (nSPS) is 12.9. The van der Waals surface area contributed by atoms with E-state index in [1.807, 2.05) is 0 Å². The molecule has 1 heterocycles. The fraction of sp³-hybridized carbons (Fsp3) is 0.286. The first-order valence-corrected chi connectivity index (χ1v) is 8.46. The van der Waals surface area contributed by atoms with Gasteiger partial charge in [-0.25, -0.2) is 0 Å². The molecule has 1 unspecified atom stereocenters. The second-order valence-electron chi connectivity index (χ2n) is 4.43. The molecular weight excluding hydrogens is 388 g/mol. The number of likely N-dealkylation sites (N-methyl/N-ethyl adjacent to an activating group) is 1. The fourth-order valence-corrected chi connectivity index (χ4v) is 4.10. The zero-order valence-corrected chi connectivity index (χ0v) is 14.6. The molecular formula is C14H16Br2N2S. The fourth-order valence-electron chi connectivity index (χ4n) is 2.02. The molecule has 0 saturated heterocycles. The van der Waals surface area contributed by atoms with Crippen LogP contribution in [0, 0.1) is 0 Å². The number of rotatable bonds is 5. The van der Waals surface area contributed by atoms with Gasteiger partial charge in [-0.15, -0.1) is 11.3 Å². The highest BCUT2D eigenvalue weighted by atomic mass is 79.9. The van der Waals surface area contributed by atoms with Gasteiger partial charge >= 0.3 is 0 Å². The molecule has 0 fully saturated rings. The minimum absolute atomic E-state index is 0.248.